The van der Waals surface area contributed by atoms with Crippen LogP contribution >= 0.6 is 11.3 Å². The smallest absolute Gasteiger partial charge is 0.246 e. The summed E-state index contributed by atoms with van der Waals surface area (Å²) in [4.78, 5) is 54.6. The number of rotatable bonds is 21. The minimum Gasteiger partial charge on any atom is -0.507 e. The minimum atomic E-state index is -0.833. The number of nitrogens with zero attached hydrogens (tertiary/aromatic N) is 7. The molecule has 3 atom stereocenters. The van der Waals surface area contributed by atoms with Gasteiger partial charge in [-0.3, -0.25) is 14.4 Å². The molecule has 4 heterocycles. The number of aliphatic hydroxyl groups excluding tert-OH is 1. The summed E-state index contributed by atoms with van der Waals surface area (Å²) < 4.78 is 0. The molecule has 0 unspecified atom stereocenters. The summed E-state index contributed by atoms with van der Waals surface area (Å²) >= 11 is 1.59. The van der Waals surface area contributed by atoms with Crippen LogP contribution in [-0.2, 0) is 27.5 Å². The van der Waals surface area contributed by atoms with Gasteiger partial charge in [0.1, 0.15) is 17.8 Å². The van der Waals surface area contributed by atoms with Crippen LogP contribution in [0.2, 0.25) is 0 Å². The monoisotopic (exact) mass is 973 g/mol. The second-order valence-corrected chi connectivity index (χ2v) is 20.9. The normalized spacial score (nSPS) is 16.7. The Bertz CT molecular complexity index is 2500. The van der Waals surface area contributed by atoms with Crippen molar-refractivity contribution in [2.24, 2.45) is 5.41 Å². The summed E-state index contributed by atoms with van der Waals surface area (Å²) in [7, 11) is 2.18. The lowest BCUT2D eigenvalue weighted by molar-refractivity contribution is -0.144. The van der Waals surface area contributed by atoms with Gasteiger partial charge in [0, 0.05) is 69.9 Å². The summed E-state index contributed by atoms with van der Waals surface area (Å²) in [6.45, 7) is 13.3. The summed E-state index contributed by atoms with van der Waals surface area (Å²) in [5.41, 5.74) is 15.0. The molecule has 7 rings (SSSR count). The van der Waals surface area contributed by atoms with Gasteiger partial charge < -0.3 is 46.2 Å². The predicted octanol–water partition coefficient (Wildman–Crippen LogP) is 7.55. The van der Waals surface area contributed by atoms with Crippen LogP contribution in [-0.4, -0.2) is 117 Å². The fraction of sp³-hybridized carbons (Fsp3) is 0.481. The average molecular weight is 973 g/mol. The Morgan fingerprint density at radius 3 is 2.20 bits per heavy atom. The SMILES string of the molecule is Cc1ncsc1-c1ccc(CNC(=O)[C@@H]2C[C@@H](O)CN2C(=O)[C@@H](NC(=O)CCCCCCCCCN(C)Cc2ccc(N3CCN(c4cc(-c5ccccc5O)nnc4N)CC3)cc2)C(C)(C)C)cc1. The lowest BCUT2D eigenvalue weighted by Gasteiger charge is -2.37. The van der Waals surface area contributed by atoms with E-state index in [2.05, 4.69) is 71.8 Å². The van der Waals surface area contributed by atoms with Crippen LogP contribution < -0.4 is 26.2 Å². The molecule has 374 valence electrons. The first kappa shape index (κ1) is 51.7. The number of aryl methyl sites for hydroxylation is 1. The lowest BCUT2D eigenvalue weighted by Crippen LogP contribution is -2.57. The average Bonchev–Trinajstić information content (AvgIpc) is 3.97. The molecule has 3 aromatic carbocycles. The number of piperazine rings is 1. The third-order valence-electron chi connectivity index (χ3n) is 13.5. The van der Waals surface area contributed by atoms with E-state index in [0.717, 1.165) is 112 Å². The summed E-state index contributed by atoms with van der Waals surface area (Å²) in [6, 6.07) is 24.2. The number of unbranched alkanes of at least 4 members (excludes halogenated alkanes) is 6. The van der Waals surface area contributed by atoms with Crippen molar-refractivity contribution < 1.29 is 24.6 Å². The van der Waals surface area contributed by atoms with Gasteiger partial charge in [-0.1, -0.05) is 101 Å². The van der Waals surface area contributed by atoms with E-state index in [1.54, 1.807) is 23.5 Å². The fourth-order valence-electron chi connectivity index (χ4n) is 9.44. The summed E-state index contributed by atoms with van der Waals surface area (Å²) in [6.07, 6.45) is 6.97. The zero-order valence-corrected chi connectivity index (χ0v) is 42.4. The van der Waals surface area contributed by atoms with Gasteiger partial charge in [-0.05, 0) is 85.8 Å². The number of phenolic OH excluding ortho intramolecular Hbond substituents is 1. The van der Waals surface area contributed by atoms with Gasteiger partial charge in [-0.15, -0.1) is 21.5 Å². The maximum Gasteiger partial charge on any atom is 0.246 e. The molecule has 2 saturated heterocycles. The second-order valence-electron chi connectivity index (χ2n) is 20.1. The third-order valence-corrected chi connectivity index (χ3v) is 14.5. The second kappa shape index (κ2) is 24.1. The number of β-amino-alcohol motifs (C(OH)–C–C–N with tert-alkyl or cyclic N) is 1. The molecule has 2 aliphatic rings. The van der Waals surface area contributed by atoms with E-state index in [0.29, 0.717) is 30.0 Å². The molecular formula is C54H72N10O5S. The maximum atomic E-state index is 14.0. The van der Waals surface area contributed by atoms with Gasteiger partial charge in [0.15, 0.2) is 5.82 Å². The zero-order valence-electron chi connectivity index (χ0n) is 41.6. The van der Waals surface area contributed by atoms with Crippen molar-refractivity contribution >= 4 is 46.3 Å². The first-order valence-electron chi connectivity index (χ1n) is 24.9. The van der Waals surface area contributed by atoms with Crippen LogP contribution in [0.3, 0.4) is 0 Å². The number of para-hydroxylation sites is 1. The number of likely N-dealkylation sites (tertiary alicyclic amines) is 1. The zero-order chi connectivity index (χ0) is 49.8. The number of aromatic nitrogens is 3. The Balaban J connectivity index is 0.754. The number of phenols is 1. The molecule has 6 N–H and O–H groups in total. The number of anilines is 3. The standard InChI is InChI=1S/C54H72N10O5S/c1-37-49(70-36-57-37)40-22-18-38(19-23-40)33-56-52(68)46-31-42(65)35-64(46)53(69)50(54(2,3)4)58-48(67)17-11-9-7-6-8-10-14-26-61(5)34-39-20-24-41(25-21-39)62-27-29-63(30-28-62)45-32-44(59-60-51(45)55)43-15-12-13-16-47(43)66/h12-13,15-16,18-25,32,36,42,46,50,65-66H,6-11,14,17,26-31,33-35H2,1-5H3,(H2,55,60)(H,56,68)(H,58,67)/t42-,46+,50-/m1/s1. The Morgan fingerprint density at radius 2 is 1.53 bits per heavy atom. The number of hydrogen-bond acceptors (Lipinski definition) is 13. The third kappa shape index (κ3) is 13.8. The molecular weight excluding hydrogens is 901 g/mol. The van der Waals surface area contributed by atoms with Gasteiger partial charge in [-0.25, -0.2) is 4.98 Å². The number of nitrogen functional groups attached to an aromatic ring is 1. The molecule has 15 nitrogen and oxygen atoms in total. The first-order chi connectivity index (χ1) is 33.6. The number of nitrogens with one attached hydrogen (secondary N) is 2. The van der Waals surface area contributed by atoms with Gasteiger partial charge >= 0.3 is 0 Å². The highest BCUT2D eigenvalue weighted by molar-refractivity contribution is 7.13. The van der Waals surface area contributed by atoms with Gasteiger partial charge in [-0.2, -0.15) is 0 Å². The number of benzene rings is 3. The van der Waals surface area contributed by atoms with Gasteiger partial charge in [0.25, 0.3) is 0 Å². The molecule has 70 heavy (non-hydrogen) atoms. The highest BCUT2D eigenvalue weighted by Gasteiger charge is 2.44. The maximum absolute atomic E-state index is 14.0. The molecule has 0 aliphatic carbocycles. The van der Waals surface area contributed by atoms with Crippen molar-refractivity contribution in [3.63, 3.8) is 0 Å². The molecule has 0 saturated carbocycles. The number of carbonyl (C=O) groups is 3. The van der Waals surface area contributed by atoms with Crippen LogP contribution in [0.4, 0.5) is 17.2 Å². The van der Waals surface area contributed by atoms with Crippen LogP contribution in [0.1, 0.15) is 95.4 Å². The Morgan fingerprint density at radius 1 is 0.871 bits per heavy atom. The molecule has 0 spiro atoms. The Kier molecular flexibility index (Phi) is 17.9. The molecule has 5 aromatic rings. The van der Waals surface area contributed by atoms with Crippen LogP contribution in [0.15, 0.2) is 84.4 Å². The van der Waals surface area contributed by atoms with Crippen LogP contribution in [0.25, 0.3) is 21.7 Å². The molecule has 2 aromatic heterocycles. The van der Waals surface area contributed by atoms with Gasteiger partial charge in [0.2, 0.25) is 17.7 Å². The number of aliphatic hydroxyl groups is 1. The quantitative estimate of drug-likeness (QED) is 0.0454. The van der Waals surface area contributed by atoms with Crippen LogP contribution in [0.5, 0.6) is 5.75 Å². The Hall–Kier alpha value is -6.10. The number of amides is 3. The van der Waals surface area contributed by atoms with E-state index in [4.69, 9.17) is 5.73 Å². The predicted molar refractivity (Wildman–Crippen MR) is 279 cm³/mol. The Labute approximate surface area is 417 Å². The highest BCUT2D eigenvalue weighted by Crippen LogP contribution is 2.33. The minimum absolute atomic E-state index is 0.0446. The van der Waals surface area contributed by atoms with E-state index < -0.39 is 23.6 Å². The van der Waals surface area contributed by atoms with Crippen LogP contribution in [0, 0.1) is 12.3 Å². The highest BCUT2D eigenvalue weighted by atomic mass is 32.1. The summed E-state index contributed by atoms with van der Waals surface area (Å²) in [5, 5.41) is 35.3. The van der Waals surface area contributed by atoms with E-state index in [9.17, 15) is 24.6 Å². The van der Waals surface area contributed by atoms with E-state index >= 15 is 0 Å². The number of aromatic hydroxyl groups is 1. The van der Waals surface area contributed by atoms with Crippen molar-refractivity contribution in [2.75, 3.05) is 61.8 Å². The molecule has 16 heteroatoms. The number of nitrogens with two attached hydrogens (primary N) is 1. The molecule has 0 bridgehead atoms. The first-order valence-corrected chi connectivity index (χ1v) is 25.8. The fourth-order valence-corrected chi connectivity index (χ4v) is 10.3. The van der Waals surface area contributed by atoms with Crippen molar-refractivity contribution in [2.45, 2.75) is 117 Å². The van der Waals surface area contributed by atoms with E-state index in [1.807, 2.05) is 75.7 Å². The topological polar surface area (TPSA) is 193 Å². The van der Waals surface area contributed by atoms with Gasteiger partial charge in [0.05, 0.1) is 33.6 Å². The molecule has 0 radical (unpaired) electrons. The van der Waals surface area contributed by atoms with Crippen molar-refractivity contribution in [1.29, 1.82) is 0 Å². The molecule has 2 aliphatic heterocycles. The van der Waals surface area contributed by atoms with E-state index in [1.165, 1.54) is 16.2 Å². The number of hydrogen-bond donors (Lipinski definition) is 5. The van der Waals surface area contributed by atoms with Crippen molar-refractivity contribution in [3.05, 3.63) is 101 Å². The van der Waals surface area contributed by atoms with E-state index in [-0.39, 0.29) is 36.4 Å². The largest absolute Gasteiger partial charge is 0.507 e. The van der Waals surface area contributed by atoms with Crippen molar-refractivity contribution in [1.82, 2.24) is 35.6 Å². The lowest BCUT2D eigenvalue weighted by atomic mass is 9.85. The number of carbonyl (C=O) groups excluding carboxylic acids is 3. The molecule has 2 fully saturated rings. The number of thiazole rings is 1. The molecule has 3 amide bonds. The summed E-state index contributed by atoms with van der Waals surface area (Å²) in [5.74, 6) is -0.290. The van der Waals surface area contributed by atoms with Crippen molar-refractivity contribution in [3.8, 4) is 27.4 Å².